The van der Waals surface area contributed by atoms with E-state index < -0.39 is 0 Å². The highest BCUT2D eigenvalue weighted by atomic mass is 16.5. The number of carbonyl (C=O) groups excluding carboxylic acids is 1. The second-order valence-electron chi connectivity index (χ2n) is 8.10. The molecular formula is C25H40O2. The SMILES string of the molecule is CC.CCCCCCCC[C@H]1CC[C@@H]2Cc3c(cccc3OCC=O)CC12. The second-order valence-corrected chi connectivity index (χ2v) is 8.10. The third kappa shape index (κ3) is 6.09. The summed E-state index contributed by atoms with van der Waals surface area (Å²) in [5.74, 6) is 3.59. The van der Waals surface area contributed by atoms with Gasteiger partial charge in [-0.15, -0.1) is 0 Å². The van der Waals surface area contributed by atoms with Crippen molar-refractivity contribution < 1.29 is 9.53 Å². The zero-order valence-corrected chi connectivity index (χ0v) is 17.8. The van der Waals surface area contributed by atoms with Gasteiger partial charge >= 0.3 is 0 Å². The van der Waals surface area contributed by atoms with Gasteiger partial charge in [0.15, 0.2) is 6.29 Å². The van der Waals surface area contributed by atoms with Gasteiger partial charge in [-0.25, -0.2) is 0 Å². The molecule has 2 nitrogen and oxygen atoms in total. The minimum atomic E-state index is 0.172. The summed E-state index contributed by atoms with van der Waals surface area (Å²) in [7, 11) is 0. The Kier molecular flexibility index (Phi) is 9.94. The Balaban J connectivity index is 0.00000126. The lowest BCUT2D eigenvalue weighted by Gasteiger charge is -2.32. The van der Waals surface area contributed by atoms with Crippen molar-refractivity contribution in [3.63, 3.8) is 0 Å². The lowest BCUT2D eigenvalue weighted by molar-refractivity contribution is -0.109. The number of hydrogen-bond acceptors (Lipinski definition) is 2. The number of unbranched alkanes of at least 4 members (excludes halogenated alkanes) is 5. The summed E-state index contributed by atoms with van der Waals surface area (Å²) in [5.41, 5.74) is 2.85. The van der Waals surface area contributed by atoms with Crippen molar-refractivity contribution in [2.75, 3.05) is 6.61 Å². The van der Waals surface area contributed by atoms with E-state index >= 15 is 0 Å². The third-order valence-corrected chi connectivity index (χ3v) is 6.51. The van der Waals surface area contributed by atoms with E-state index in [-0.39, 0.29) is 6.61 Å². The van der Waals surface area contributed by atoms with E-state index in [9.17, 15) is 4.79 Å². The molecule has 1 aromatic rings. The van der Waals surface area contributed by atoms with E-state index in [1.165, 1.54) is 75.3 Å². The molecule has 1 aromatic carbocycles. The number of benzene rings is 1. The molecule has 3 rings (SSSR count). The van der Waals surface area contributed by atoms with Gasteiger partial charge < -0.3 is 4.74 Å². The van der Waals surface area contributed by atoms with Gasteiger partial charge in [-0.3, -0.25) is 4.79 Å². The highest BCUT2D eigenvalue weighted by molar-refractivity contribution is 5.52. The first-order valence-electron chi connectivity index (χ1n) is 11.5. The highest BCUT2D eigenvalue weighted by Gasteiger charge is 2.39. The van der Waals surface area contributed by atoms with Crippen LogP contribution in [-0.4, -0.2) is 12.9 Å². The zero-order chi connectivity index (χ0) is 19.5. The van der Waals surface area contributed by atoms with Gasteiger partial charge in [0.2, 0.25) is 0 Å². The minimum Gasteiger partial charge on any atom is -0.486 e. The normalized spacial score (nSPS) is 23.0. The molecule has 3 atom stereocenters. The molecule has 2 aliphatic rings. The maximum Gasteiger partial charge on any atom is 0.157 e. The van der Waals surface area contributed by atoms with Gasteiger partial charge in [-0.1, -0.05) is 77.8 Å². The summed E-state index contributed by atoms with van der Waals surface area (Å²) in [6.07, 6.45) is 15.9. The van der Waals surface area contributed by atoms with Crippen molar-refractivity contribution in [3.8, 4) is 5.75 Å². The highest BCUT2D eigenvalue weighted by Crippen LogP contribution is 2.48. The zero-order valence-electron chi connectivity index (χ0n) is 17.8. The molecule has 0 saturated heterocycles. The first kappa shape index (κ1) is 22.0. The predicted octanol–water partition coefficient (Wildman–Crippen LogP) is 6.78. The Morgan fingerprint density at radius 2 is 1.81 bits per heavy atom. The standard InChI is InChI=1S/C23H34O2.C2H6/c1-2-3-4-5-6-7-9-18-12-13-20-17-22-19(16-21(18)20)10-8-11-23(22)25-15-14-24;1-2/h8,10-11,14,18,20-21H,2-7,9,12-13,15-17H2,1H3;1-2H3/t18-,20+,21?;/m0./s1. The van der Waals surface area contributed by atoms with Gasteiger partial charge in [-0.2, -0.15) is 0 Å². The largest absolute Gasteiger partial charge is 0.486 e. The maximum absolute atomic E-state index is 10.6. The van der Waals surface area contributed by atoms with Crippen LogP contribution in [0.1, 0.15) is 89.7 Å². The fourth-order valence-electron chi connectivity index (χ4n) is 5.18. The first-order valence-corrected chi connectivity index (χ1v) is 11.5. The van der Waals surface area contributed by atoms with Crippen LogP contribution in [0.25, 0.3) is 0 Å². The van der Waals surface area contributed by atoms with E-state index in [1.54, 1.807) is 0 Å². The number of ether oxygens (including phenoxy) is 1. The molecule has 0 heterocycles. The van der Waals surface area contributed by atoms with Crippen LogP contribution in [0, 0.1) is 17.8 Å². The molecule has 152 valence electrons. The number of carbonyl (C=O) groups is 1. The third-order valence-electron chi connectivity index (χ3n) is 6.51. The molecule has 0 N–H and O–H groups in total. The molecular weight excluding hydrogens is 332 g/mol. The van der Waals surface area contributed by atoms with Crippen molar-refractivity contribution in [2.45, 2.75) is 91.4 Å². The van der Waals surface area contributed by atoms with E-state index in [0.29, 0.717) is 0 Å². The molecule has 2 heteroatoms. The van der Waals surface area contributed by atoms with Gasteiger partial charge in [0.05, 0.1) is 0 Å². The van der Waals surface area contributed by atoms with Gasteiger partial charge in [0.25, 0.3) is 0 Å². The van der Waals surface area contributed by atoms with Crippen LogP contribution in [0.5, 0.6) is 5.75 Å². The fourth-order valence-corrected chi connectivity index (χ4v) is 5.18. The number of hydrogen-bond donors (Lipinski definition) is 0. The van der Waals surface area contributed by atoms with Crippen molar-refractivity contribution in [1.82, 2.24) is 0 Å². The molecule has 1 saturated carbocycles. The first-order chi connectivity index (χ1) is 13.3. The van der Waals surface area contributed by atoms with Crippen LogP contribution in [0.2, 0.25) is 0 Å². The molecule has 0 amide bonds. The summed E-state index contributed by atoms with van der Waals surface area (Å²) < 4.78 is 5.67. The Morgan fingerprint density at radius 1 is 1.04 bits per heavy atom. The molecule has 0 bridgehead atoms. The lowest BCUT2D eigenvalue weighted by atomic mass is 9.73. The smallest absolute Gasteiger partial charge is 0.157 e. The Labute approximate surface area is 167 Å². The van der Waals surface area contributed by atoms with Crippen molar-refractivity contribution >= 4 is 6.29 Å². The molecule has 27 heavy (non-hydrogen) atoms. The van der Waals surface area contributed by atoms with Gasteiger partial charge in [0, 0.05) is 0 Å². The average molecular weight is 373 g/mol. The Hall–Kier alpha value is -1.31. The van der Waals surface area contributed by atoms with E-state index in [1.807, 2.05) is 19.9 Å². The molecule has 0 radical (unpaired) electrons. The van der Waals surface area contributed by atoms with E-state index in [0.717, 1.165) is 36.2 Å². The quantitative estimate of drug-likeness (QED) is 0.334. The Morgan fingerprint density at radius 3 is 2.59 bits per heavy atom. The maximum atomic E-state index is 10.6. The van der Waals surface area contributed by atoms with Crippen LogP contribution in [0.15, 0.2) is 18.2 Å². The lowest BCUT2D eigenvalue weighted by Crippen LogP contribution is -2.25. The van der Waals surface area contributed by atoms with Crippen LogP contribution in [0.4, 0.5) is 0 Å². The Bertz CT molecular complexity index is 551. The van der Waals surface area contributed by atoms with Gasteiger partial charge in [0.1, 0.15) is 12.4 Å². The molecule has 1 unspecified atom stereocenters. The summed E-state index contributed by atoms with van der Waals surface area (Å²) in [6.45, 7) is 6.46. The van der Waals surface area contributed by atoms with Gasteiger partial charge in [-0.05, 0) is 60.6 Å². The molecule has 0 aromatic heterocycles. The monoisotopic (exact) mass is 372 g/mol. The van der Waals surface area contributed by atoms with Crippen LogP contribution < -0.4 is 4.74 Å². The van der Waals surface area contributed by atoms with Crippen molar-refractivity contribution in [3.05, 3.63) is 29.3 Å². The molecule has 0 spiro atoms. The van der Waals surface area contributed by atoms with Crippen molar-refractivity contribution in [1.29, 1.82) is 0 Å². The van der Waals surface area contributed by atoms with Crippen LogP contribution in [0.3, 0.4) is 0 Å². The summed E-state index contributed by atoms with van der Waals surface area (Å²) in [4.78, 5) is 10.6. The van der Waals surface area contributed by atoms with E-state index in [4.69, 9.17) is 4.74 Å². The predicted molar refractivity (Wildman–Crippen MR) is 114 cm³/mol. The number of aldehydes is 1. The summed E-state index contributed by atoms with van der Waals surface area (Å²) in [5, 5.41) is 0. The fraction of sp³-hybridized carbons (Fsp3) is 0.720. The van der Waals surface area contributed by atoms with Crippen LogP contribution in [-0.2, 0) is 17.6 Å². The summed E-state index contributed by atoms with van der Waals surface area (Å²) in [6, 6.07) is 6.40. The summed E-state index contributed by atoms with van der Waals surface area (Å²) >= 11 is 0. The molecule has 2 aliphatic carbocycles. The topological polar surface area (TPSA) is 26.3 Å². The number of fused-ring (bicyclic) bond motifs is 2. The molecule has 1 fully saturated rings. The van der Waals surface area contributed by atoms with Crippen molar-refractivity contribution in [2.24, 2.45) is 17.8 Å². The molecule has 0 aliphatic heterocycles. The minimum absolute atomic E-state index is 0.172. The number of rotatable bonds is 10. The second kappa shape index (κ2) is 12.2. The van der Waals surface area contributed by atoms with E-state index in [2.05, 4.69) is 19.1 Å². The average Bonchev–Trinajstić information content (AvgIpc) is 3.11. The van der Waals surface area contributed by atoms with Crippen LogP contribution >= 0.6 is 0 Å².